The van der Waals surface area contributed by atoms with Crippen molar-refractivity contribution >= 4 is 18.9 Å². The lowest BCUT2D eigenvalue weighted by Crippen LogP contribution is -2.44. The highest BCUT2D eigenvalue weighted by Gasteiger charge is 2.21. The van der Waals surface area contributed by atoms with Crippen molar-refractivity contribution < 1.29 is 0 Å². The van der Waals surface area contributed by atoms with Crippen LogP contribution in [0.3, 0.4) is 0 Å². The molecule has 0 aliphatic carbocycles. The van der Waals surface area contributed by atoms with Gasteiger partial charge in [-0.3, -0.25) is 0 Å². The molecule has 0 atom stereocenters. The Balaban J connectivity index is 3.18. The second-order valence-electron chi connectivity index (χ2n) is 5.14. The summed E-state index contributed by atoms with van der Waals surface area (Å²) in [5.41, 5.74) is 1.33. The van der Waals surface area contributed by atoms with Crippen molar-refractivity contribution in [3.63, 3.8) is 0 Å². The Kier molecular flexibility index (Phi) is 3.57. The average Bonchev–Trinajstić information content (AvgIpc) is 2.15. The van der Waals surface area contributed by atoms with Crippen LogP contribution >= 0.6 is 0 Å². The Bertz CT molecular complexity index is 329. The zero-order valence-electron chi connectivity index (χ0n) is 10.7. The van der Waals surface area contributed by atoms with Crippen LogP contribution in [0.15, 0.2) is 24.3 Å². The van der Waals surface area contributed by atoms with Gasteiger partial charge in [-0.2, -0.15) is 0 Å². The topological polar surface area (TPSA) is 6.48 Å². The number of benzene rings is 1. The van der Waals surface area contributed by atoms with Crippen LogP contribution in [-0.2, 0) is 0 Å². The Morgan fingerprint density at radius 2 is 1.47 bits per heavy atom. The van der Waals surface area contributed by atoms with Gasteiger partial charge in [-0.15, -0.1) is 0 Å². The predicted molar refractivity (Wildman–Crippen MR) is 71.5 cm³/mol. The molecule has 0 unspecified atom stereocenters. The van der Waals surface area contributed by atoms with Gasteiger partial charge in [0.1, 0.15) is 0 Å². The van der Waals surface area contributed by atoms with Crippen LogP contribution < -0.4 is 10.2 Å². The molecule has 2 nitrogen and oxygen atoms in total. The highest BCUT2D eigenvalue weighted by atomic mass is 28.3. The predicted octanol–water partition coefficient (Wildman–Crippen LogP) is 2.14. The molecule has 0 spiro atoms. The maximum Gasteiger partial charge on any atom is 0.0803 e. The van der Waals surface area contributed by atoms with Gasteiger partial charge in [0.2, 0.25) is 0 Å². The molecule has 1 rings (SSSR count). The summed E-state index contributed by atoms with van der Waals surface area (Å²) in [6.07, 6.45) is 0. The lowest BCUT2D eigenvalue weighted by Gasteiger charge is -2.31. The minimum Gasteiger partial charge on any atom is -0.310 e. The van der Waals surface area contributed by atoms with E-state index < -0.39 is 8.07 Å². The molecule has 3 heteroatoms. The molecule has 0 fully saturated rings. The normalized spacial score (nSPS) is 11.9. The zero-order valence-corrected chi connectivity index (χ0v) is 11.7. The van der Waals surface area contributed by atoms with E-state index in [9.17, 15) is 0 Å². The largest absolute Gasteiger partial charge is 0.310 e. The van der Waals surface area contributed by atoms with Crippen molar-refractivity contribution in [1.29, 1.82) is 0 Å². The summed E-state index contributed by atoms with van der Waals surface area (Å²) in [6.45, 7) is 7.15. The molecule has 0 saturated carbocycles. The van der Waals surface area contributed by atoms with Gasteiger partial charge >= 0.3 is 0 Å². The Labute approximate surface area is 94.5 Å². The van der Waals surface area contributed by atoms with Crippen LogP contribution in [-0.4, -0.2) is 34.2 Å². The third-order valence-electron chi connectivity index (χ3n) is 2.66. The van der Waals surface area contributed by atoms with Crippen molar-refractivity contribution in [2.24, 2.45) is 0 Å². The summed E-state index contributed by atoms with van der Waals surface area (Å²) in [5.74, 6) is 0. The Morgan fingerprint density at radius 3 is 1.93 bits per heavy atom. The van der Waals surface area contributed by atoms with Gasteiger partial charge in [-0.1, -0.05) is 37.8 Å². The van der Waals surface area contributed by atoms with Gasteiger partial charge in [-0.05, 0) is 11.3 Å². The molecule has 0 aromatic heterocycles. The summed E-state index contributed by atoms with van der Waals surface area (Å²) >= 11 is 0. The number of hydrazine groups is 1. The van der Waals surface area contributed by atoms with Crippen LogP contribution in [0.25, 0.3) is 0 Å². The van der Waals surface area contributed by atoms with Gasteiger partial charge in [-0.25, -0.2) is 5.01 Å². The van der Waals surface area contributed by atoms with E-state index in [0.29, 0.717) is 0 Å². The quantitative estimate of drug-likeness (QED) is 0.571. The van der Waals surface area contributed by atoms with Crippen molar-refractivity contribution in [2.75, 3.05) is 26.2 Å². The minimum absolute atomic E-state index is 1.25. The maximum atomic E-state index is 2.38. The molecule has 0 amide bonds. The highest BCUT2D eigenvalue weighted by molar-refractivity contribution is 6.89. The van der Waals surface area contributed by atoms with Crippen molar-refractivity contribution in [1.82, 2.24) is 5.01 Å². The van der Waals surface area contributed by atoms with E-state index in [1.807, 2.05) is 0 Å². The SMILES string of the molecule is CN(C)N(C)c1ccccc1[Si](C)(C)C. The molecule has 0 N–H and O–H groups in total. The fourth-order valence-electron chi connectivity index (χ4n) is 1.61. The van der Waals surface area contributed by atoms with E-state index in [4.69, 9.17) is 0 Å². The molecule has 0 bridgehead atoms. The summed E-state index contributed by atoms with van der Waals surface area (Å²) in [5, 5.41) is 5.83. The molecule has 84 valence electrons. The first-order valence-corrected chi connectivity index (χ1v) is 8.84. The fourth-order valence-corrected chi connectivity index (χ4v) is 3.22. The number of nitrogens with zero attached hydrogens (tertiary/aromatic N) is 2. The van der Waals surface area contributed by atoms with E-state index in [2.05, 4.69) is 75.1 Å². The molecule has 1 aromatic rings. The van der Waals surface area contributed by atoms with Gasteiger partial charge in [0.05, 0.1) is 13.8 Å². The first-order chi connectivity index (χ1) is 6.84. The second kappa shape index (κ2) is 4.37. The van der Waals surface area contributed by atoms with Crippen LogP contribution in [0.5, 0.6) is 0 Å². The number of hydrogen-bond donors (Lipinski definition) is 0. The summed E-state index contributed by atoms with van der Waals surface area (Å²) < 4.78 is 0. The van der Waals surface area contributed by atoms with Crippen LogP contribution in [0.4, 0.5) is 5.69 Å². The van der Waals surface area contributed by atoms with Crippen LogP contribution in [0.1, 0.15) is 0 Å². The standard InChI is InChI=1S/C12H22N2Si/c1-13(2)14(3)11-9-7-8-10-12(11)15(4,5)6/h7-10H,1-6H3. The fraction of sp³-hybridized carbons (Fsp3) is 0.500. The molecular formula is C12H22N2Si. The lowest BCUT2D eigenvalue weighted by atomic mass is 10.3. The van der Waals surface area contributed by atoms with E-state index in [1.165, 1.54) is 10.9 Å². The number of hydrogen-bond acceptors (Lipinski definition) is 2. The summed E-state index contributed by atoms with van der Waals surface area (Å²) in [7, 11) is 5.00. The van der Waals surface area contributed by atoms with Crippen molar-refractivity contribution in [3.05, 3.63) is 24.3 Å². The van der Waals surface area contributed by atoms with E-state index in [1.54, 1.807) is 0 Å². The van der Waals surface area contributed by atoms with E-state index >= 15 is 0 Å². The monoisotopic (exact) mass is 222 g/mol. The third kappa shape index (κ3) is 2.83. The average molecular weight is 222 g/mol. The van der Waals surface area contributed by atoms with Crippen molar-refractivity contribution in [3.8, 4) is 0 Å². The van der Waals surface area contributed by atoms with Gasteiger partial charge in [0.15, 0.2) is 0 Å². The Morgan fingerprint density at radius 1 is 0.933 bits per heavy atom. The second-order valence-corrected chi connectivity index (χ2v) is 10.2. The van der Waals surface area contributed by atoms with Gasteiger partial charge in [0.25, 0.3) is 0 Å². The minimum atomic E-state index is -1.25. The molecule has 0 aliphatic rings. The molecular weight excluding hydrogens is 200 g/mol. The highest BCUT2D eigenvalue weighted by Crippen LogP contribution is 2.15. The third-order valence-corrected chi connectivity index (χ3v) is 4.70. The summed E-state index contributed by atoms with van der Waals surface area (Å²) in [4.78, 5) is 0. The molecule has 1 aromatic carbocycles. The van der Waals surface area contributed by atoms with Gasteiger partial charge in [0, 0.05) is 21.1 Å². The molecule has 0 aliphatic heterocycles. The maximum absolute atomic E-state index is 2.38. The molecule has 0 heterocycles. The Hall–Kier alpha value is -0.803. The smallest absolute Gasteiger partial charge is 0.0803 e. The van der Waals surface area contributed by atoms with E-state index in [0.717, 1.165) is 0 Å². The first-order valence-electron chi connectivity index (χ1n) is 5.34. The molecule has 0 radical (unpaired) electrons. The number of anilines is 1. The van der Waals surface area contributed by atoms with Crippen LogP contribution in [0.2, 0.25) is 19.6 Å². The molecule has 0 saturated heterocycles. The summed E-state index contributed by atoms with van der Waals surface area (Å²) in [6, 6.07) is 8.72. The number of rotatable bonds is 3. The van der Waals surface area contributed by atoms with Gasteiger partial charge < -0.3 is 5.01 Å². The van der Waals surface area contributed by atoms with Crippen molar-refractivity contribution in [2.45, 2.75) is 19.6 Å². The van der Waals surface area contributed by atoms with E-state index in [-0.39, 0.29) is 0 Å². The number of para-hydroxylation sites is 1. The first kappa shape index (κ1) is 12.3. The molecule has 15 heavy (non-hydrogen) atoms. The van der Waals surface area contributed by atoms with Crippen LogP contribution in [0, 0.1) is 0 Å². The lowest BCUT2D eigenvalue weighted by molar-refractivity contribution is 0.398. The zero-order chi connectivity index (χ0) is 11.6.